The highest BCUT2D eigenvalue weighted by Gasteiger charge is 2.05. The molecule has 0 N–H and O–H groups in total. The van der Waals surface area contributed by atoms with Crippen molar-refractivity contribution in [1.82, 2.24) is 9.97 Å². The Morgan fingerprint density at radius 2 is 1.48 bits per heavy atom. The fourth-order valence-electron chi connectivity index (χ4n) is 2.00. The van der Waals surface area contributed by atoms with E-state index < -0.39 is 0 Å². The molecule has 3 aromatic rings. The summed E-state index contributed by atoms with van der Waals surface area (Å²) in [5.41, 5.74) is 2.50. The van der Waals surface area contributed by atoms with Crippen molar-refractivity contribution in [3.8, 4) is 11.6 Å². The largest absolute Gasteiger partial charge is 0.436 e. The standard InChI is InChI=1S/C17H13ClN2O/c18-16-17(20-11-10-19-16)21-15-8-6-14(7-9-15)12-13-4-2-1-3-5-13/h1-11H,12H2. The third kappa shape index (κ3) is 3.58. The summed E-state index contributed by atoms with van der Waals surface area (Å²) >= 11 is 5.91. The molecule has 2 aromatic carbocycles. The Morgan fingerprint density at radius 3 is 2.19 bits per heavy atom. The second kappa shape index (κ2) is 6.37. The first-order valence-electron chi connectivity index (χ1n) is 6.58. The van der Waals surface area contributed by atoms with Gasteiger partial charge < -0.3 is 4.74 Å². The molecule has 0 aliphatic carbocycles. The molecule has 1 aromatic heterocycles. The van der Waals surface area contributed by atoms with Crippen molar-refractivity contribution < 1.29 is 4.74 Å². The van der Waals surface area contributed by atoms with Gasteiger partial charge in [0.05, 0.1) is 0 Å². The fraction of sp³-hybridized carbons (Fsp3) is 0.0588. The normalized spacial score (nSPS) is 10.3. The van der Waals surface area contributed by atoms with Crippen LogP contribution in [0.3, 0.4) is 0 Å². The van der Waals surface area contributed by atoms with E-state index in [-0.39, 0.29) is 5.15 Å². The highest BCUT2D eigenvalue weighted by atomic mass is 35.5. The SMILES string of the molecule is Clc1nccnc1Oc1ccc(Cc2ccccc2)cc1. The van der Waals surface area contributed by atoms with Gasteiger partial charge in [-0.2, -0.15) is 0 Å². The van der Waals surface area contributed by atoms with Crippen LogP contribution < -0.4 is 4.74 Å². The first kappa shape index (κ1) is 13.6. The topological polar surface area (TPSA) is 35.0 Å². The van der Waals surface area contributed by atoms with Gasteiger partial charge in [-0.25, -0.2) is 9.97 Å². The smallest absolute Gasteiger partial charge is 0.257 e. The van der Waals surface area contributed by atoms with E-state index in [9.17, 15) is 0 Å². The molecule has 4 heteroatoms. The van der Waals surface area contributed by atoms with Crippen LogP contribution in [0.2, 0.25) is 5.15 Å². The van der Waals surface area contributed by atoms with E-state index in [4.69, 9.17) is 16.3 Å². The summed E-state index contributed by atoms with van der Waals surface area (Å²) in [5, 5.41) is 0.255. The molecule has 0 aliphatic rings. The van der Waals surface area contributed by atoms with Gasteiger partial charge in [0.25, 0.3) is 5.88 Å². The van der Waals surface area contributed by atoms with Crippen LogP contribution in [0.4, 0.5) is 0 Å². The average molecular weight is 297 g/mol. The Hall–Kier alpha value is -2.39. The maximum atomic E-state index is 5.91. The molecular formula is C17H13ClN2O. The van der Waals surface area contributed by atoms with Crippen LogP contribution in [0.1, 0.15) is 11.1 Å². The number of nitrogens with zero attached hydrogens (tertiary/aromatic N) is 2. The molecule has 0 bridgehead atoms. The van der Waals surface area contributed by atoms with Crippen LogP contribution in [0.25, 0.3) is 0 Å². The Bertz CT molecular complexity index is 714. The molecule has 0 saturated heterocycles. The molecule has 0 saturated carbocycles. The number of hydrogen-bond acceptors (Lipinski definition) is 3. The summed E-state index contributed by atoms with van der Waals surface area (Å²) in [5.74, 6) is 1.00. The lowest BCUT2D eigenvalue weighted by Crippen LogP contribution is -1.91. The fourth-order valence-corrected chi connectivity index (χ4v) is 2.14. The zero-order chi connectivity index (χ0) is 14.5. The Morgan fingerprint density at radius 1 is 0.810 bits per heavy atom. The first-order chi connectivity index (χ1) is 10.3. The molecule has 3 nitrogen and oxygen atoms in total. The van der Waals surface area contributed by atoms with E-state index in [1.807, 2.05) is 42.5 Å². The third-order valence-corrected chi connectivity index (χ3v) is 3.27. The summed E-state index contributed by atoms with van der Waals surface area (Å²) in [6, 6.07) is 18.2. The quantitative estimate of drug-likeness (QED) is 0.710. The van der Waals surface area contributed by atoms with E-state index >= 15 is 0 Å². The van der Waals surface area contributed by atoms with Crippen LogP contribution in [-0.4, -0.2) is 9.97 Å². The highest BCUT2D eigenvalue weighted by Crippen LogP contribution is 2.25. The molecule has 0 spiro atoms. The van der Waals surface area contributed by atoms with Crippen molar-refractivity contribution in [3.63, 3.8) is 0 Å². The molecule has 0 amide bonds. The lowest BCUT2D eigenvalue weighted by atomic mass is 10.1. The van der Waals surface area contributed by atoms with Crippen LogP contribution >= 0.6 is 11.6 Å². The van der Waals surface area contributed by atoms with Crippen molar-refractivity contribution in [3.05, 3.63) is 83.3 Å². The molecule has 21 heavy (non-hydrogen) atoms. The number of aromatic nitrogens is 2. The summed E-state index contributed by atoms with van der Waals surface area (Å²) in [6.45, 7) is 0. The summed E-state index contributed by atoms with van der Waals surface area (Å²) in [7, 11) is 0. The number of rotatable bonds is 4. The lowest BCUT2D eigenvalue weighted by Gasteiger charge is -2.07. The zero-order valence-corrected chi connectivity index (χ0v) is 12.0. The van der Waals surface area contributed by atoms with Gasteiger partial charge in [0, 0.05) is 12.4 Å². The maximum absolute atomic E-state index is 5.91. The van der Waals surface area contributed by atoms with Crippen LogP contribution in [0, 0.1) is 0 Å². The Balaban J connectivity index is 1.71. The second-order valence-corrected chi connectivity index (χ2v) is 4.92. The summed E-state index contributed by atoms with van der Waals surface area (Å²) in [6.07, 6.45) is 3.97. The van der Waals surface area contributed by atoms with Gasteiger partial charge >= 0.3 is 0 Å². The number of halogens is 1. The minimum atomic E-state index is 0.255. The lowest BCUT2D eigenvalue weighted by molar-refractivity contribution is 0.460. The molecule has 104 valence electrons. The van der Waals surface area contributed by atoms with Crippen molar-refractivity contribution in [2.75, 3.05) is 0 Å². The van der Waals surface area contributed by atoms with Gasteiger partial charge in [-0.1, -0.05) is 54.1 Å². The van der Waals surface area contributed by atoms with Gasteiger partial charge in [0.2, 0.25) is 0 Å². The molecule has 1 heterocycles. The molecule has 0 atom stereocenters. The predicted molar refractivity (Wildman–Crippen MR) is 82.8 cm³/mol. The predicted octanol–water partition coefficient (Wildman–Crippen LogP) is 4.51. The van der Waals surface area contributed by atoms with Gasteiger partial charge in [-0.15, -0.1) is 0 Å². The Labute approximate surface area is 128 Å². The molecule has 0 aliphatic heterocycles. The van der Waals surface area contributed by atoms with Crippen LogP contribution in [0.15, 0.2) is 67.0 Å². The van der Waals surface area contributed by atoms with Crippen molar-refractivity contribution in [1.29, 1.82) is 0 Å². The van der Waals surface area contributed by atoms with Gasteiger partial charge in [-0.3, -0.25) is 0 Å². The highest BCUT2D eigenvalue weighted by molar-refractivity contribution is 6.30. The van der Waals surface area contributed by atoms with Crippen molar-refractivity contribution in [2.24, 2.45) is 0 Å². The molecular weight excluding hydrogens is 284 g/mol. The summed E-state index contributed by atoms with van der Waals surface area (Å²) < 4.78 is 5.61. The number of ether oxygens (including phenoxy) is 1. The minimum Gasteiger partial charge on any atom is -0.436 e. The van der Waals surface area contributed by atoms with E-state index in [0.29, 0.717) is 11.6 Å². The van der Waals surface area contributed by atoms with Gasteiger partial charge in [0.1, 0.15) is 5.75 Å². The third-order valence-electron chi connectivity index (χ3n) is 3.01. The van der Waals surface area contributed by atoms with E-state index in [0.717, 1.165) is 6.42 Å². The Kier molecular flexibility index (Phi) is 4.12. The average Bonchev–Trinajstić information content (AvgIpc) is 2.52. The minimum absolute atomic E-state index is 0.255. The van der Waals surface area contributed by atoms with Crippen molar-refractivity contribution >= 4 is 11.6 Å². The maximum Gasteiger partial charge on any atom is 0.257 e. The van der Waals surface area contributed by atoms with Crippen LogP contribution in [0.5, 0.6) is 11.6 Å². The van der Waals surface area contributed by atoms with Gasteiger partial charge in [0.15, 0.2) is 5.15 Å². The van der Waals surface area contributed by atoms with E-state index in [2.05, 4.69) is 22.1 Å². The molecule has 0 radical (unpaired) electrons. The monoisotopic (exact) mass is 296 g/mol. The number of hydrogen-bond donors (Lipinski definition) is 0. The zero-order valence-electron chi connectivity index (χ0n) is 11.2. The second-order valence-electron chi connectivity index (χ2n) is 4.56. The summed E-state index contributed by atoms with van der Waals surface area (Å²) in [4.78, 5) is 7.97. The number of benzene rings is 2. The molecule has 0 unspecified atom stereocenters. The molecule has 0 fully saturated rings. The van der Waals surface area contributed by atoms with E-state index in [1.54, 1.807) is 6.20 Å². The van der Waals surface area contributed by atoms with Crippen LogP contribution in [-0.2, 0) is 6.42 Å². The molecule has 3 rings (SSSR count). The van der Waals surface area contributed by atoms with E-state index in [1.165, 1.54) is 17.3 Å². The first-order valence-corrected chi connectivity index (χ1v) is 6.96. The van der Waals surface area contributed by atoms with Gasteiger partial charge in [-0.05, 0) is 29.7 Å². The van der Waals surface area contributed by atoms with Crippen molar-refractivity contribution in [2.45, 2.75) is 6.42 Å².